The summed E-state index contributed by atoms with van der Waals surface area (Å²) in [7, 11) is 0. The number of hydrogen-bond acceptors (Lipinski definition) is 5. The van der Waals surface area contributed by atoms with E-state index in [1.165, 1.54) is 37.8 Å². The molecule has 1 amide bonds. The van der Waals surface area contributed by atoms with Crippen LogP contribution in [0.3, 0.4) is 0 Å². The van der Waals surface area contributed by atoms with Gasteiger partial charge in [-0.15, -0.1) is 5.10 Å². The fourth-order valence-electron chi connectivity index (χ4n) is 3.45. The van der Waals surface area contributed by atoms with E-state index in [0.29, 0.717) is 18.8 Å². The molecule has 1 saturated heterocycles. The van der Waals surface area contributed by atoms with Gasteiger partial charge in [0.25, 0.3) is 0 Å². The Morgan fingerprint density at radius 2 is 1.89 bits per heavy atom. The molecular weight excluding hydrogens is 347 g/mol. The van der Waals surface area contributed by atoms with Gasteiger partial charge in [0, 0.05) is 0 Å². The van der Waals surface area contributed by atoms with E-state index in [-0.39, 0.29) is 24.3 Å². The lowest BCUT2D eigenvalue weighted by molar-refractivity contribution is -0.122. The van der Waals surface area contributed by atoms with Gasteiger partial charge < -0.3 is 5.32 Å². The molecule has 27 heavy (non-hydrogen) atoms. The molecule has 1 aromatic carbocycles. The lowest BCUT2D eigenvalue weighted by Crippen LogP contribution is -2.33. The van der Waals surface area contributed by atoms with Gasteiger partial charge in [0.1, 0.15) is 12.4 Å². The number of likely N-dealkylation sites (tertiary alicyclic amines) is 1. The van der Waals surface area contributed by atoms with E-state index >= 15 is 0 Å². The molecule has 1 unspecified atom stereocenters. The summed E-state index contributed by atoms with van der Waals surface area (Å²) in [6, 6.07) is 6.05. The molecular formula is C19H27FN6O. The number of hydrogen-bond donors (Lipinski definition) is 1. The van der Waals surface area contributed by atoms with Gasteiger partial charge in [0.05, 0.1) is 12.6 Å². The minimum Gasteiger partial charge on any atom is -0.348 e. The quantitative estimate of drug-likeness (QED) is 0.806. The van der Waals surface area contributed by atoms with Crippen molar-refractivity contribution in [1.29, 1.82) is 0 Å². The molecule has 0 bridgehead atoms. The third-order valence-corrected chi connectivity index (χ3v) is 4.98. The molecule has 1 N–H and O–H groups in total. The van der Waals surface area contributed by atoms with E-state index in [9.17, 15) is 9.18 Å². The van der Waals surface area contributed by atoms with E-state index in [1.807, 2.05) is 6.92 Å². The molecule has 1 fully saturated rings. The fraction of sp³-hybridized carbons (Fsp3) is 0.579. The number of halogens is 1. The first-order valence-electron chi connectivity index (χ1n) is 9.68. The van der Waals surface area contributed by atoms with Crippen molar-refractivity contribution in [2.45, 2.75) is 58.2 Å². The monoisotopic (exact) mass is 374 g/mol. The van der Waals surface area contributed by atoms with Crippen LogP contribution in [0.1, 0.15) is 56.5 Å². The molecule has 0 radical (unpaired) electrons. The van der Waals surface area contributed by atoms with Crippen LogP contribution in [0.5, 0.6) is 0 Å². The van der Waals surface area contributed by atoms with Gasteiger partial charge in [-0.1, -0.05) is 31.9 Å². The highest BCUT2D eigenvalue weighted by Gasteiger charge is 2.18. The Hall–Kier alpha value is -2.35. The smallest absolute Gasteiger partial charge is 0.242 e. The van der Waals surface area contributed by atoms with Crippen LogP contribution in [0.15, 0.2) is 24.3 Å². The Labute approximate surface area is 158 Å². The van der Waals surface area contributed by atoms with Gasteiger partial charge in [-0.05, 0) is 60.5 Å². The average molecular weight is 374 g/mol. The number of nitrogens with one attached hydrogen (secondary N) is 1. The Morgan fingerprint density at radius 1 is 1.19 bits per heavy atom. The molecule has 1 aliphatic rings. The zero-order valence-electron chi connectivity index (χ0n) is 15.8. The summed E-state index contributed by atoms with van der Waals surface area (Å²) in [6.45, 7) is 4.81. The molecule has 0 saturated carbocycles. The van der Waals surface area contributed by atoms with Gasteiger partial charge >= 0.3 is 0 Å². The van der Waals surface area contributed by atoms with Gasteiger partial charge in [0.2, 0.25) is 5.91 Å². The molecule has 1 aliphatic heterocycles. The van der Waals surface area contributed by atoms with E-state index in [4.69, 9.17) is 0 Å². The normalized spacial score (nSPS) is 16.7. The van der Waals surface area contributed by atoms with E-state index in [0.717, 1.165) is 18.7 Å². The van der Waals surface area contributed by atoms with Crippen molar-refractivity contribution in [2.24, 2.45) is 0 Å². The molecule has 2 heterocycles. The second kappa shape index (κ2) is 9.55. The number of nitrogens with zero attached hydrogens (tertiary/aromatic N) is 5. The number of rotatable bonds is 7. The first-order valence-corrected chi connectivity index (χ1v) is 9.68. The third-order valence-electron chi connectivity index (χ3n) is 4.98. The Balaban J connectivity index is 1.59. The molecule has 0 aliphatic carbocycles. The Morgan fingerprint density at radius 3 is 2.56 bits per heavy atom. The summed E-state index contributed by atoms with van der Waals surface area (Å²) >= 11 is 0. The average Bonchev–Trinajstić information content (AvgIpc) is 2.92. The highest BCUT2D eigenvalue weighted by Crippen LogP contribution is 2.17. The van der Waals surface area contributed by atoms with Crippen molar-refractivity contribution in [2.75, 3.05) is 13.1 Å². The SMILES string of the molecule is CCC(NC(=O)Cn1nnnc1CN1CCCCCC1)c1ccc(F)cc1. The second-order valence-corrected chi connectivity index (χ2v) is 7.02. The molecule has 2 aromatic rings. The van der Waals surface area contributed by atoms with E-state index in [1.54, 1.807) is 16.8 Å². The molecule has 7 nitrogen and oxygen atoms in total. The van der Waals surface area contributed by atoms with Crippen LogP contribution in [0.25, 0.3) is 0 Å². The van der Waals surface area contributed by atoms with Crippen LogP contribution >= 0.6 is 0 Å². The number of carbonyl (C=O) groups excluding carboxylic acids is 1. The van der Waals surface area contributed by atoms with Crippen LogP contribution in [0, 0.1) is 5.82 Å². The van der Waals surface area contributed by atoms with Crippen molar-refractivity contribution < 1.29 is 9.18 Å². The standard InChI is InChI=1S/C19H27FN6O/c1-2-17(15-7-9-16(20)10-8-15)21-19(27)14-26-18(22-23-24-26)13-25-11-5-3-4-6-12-25/h7-10,17H,2-6,11-14H2,1H3,(H,21,27). The predicted molar refractivity (Wildman–Crippen MR) is 99.1 cm³/mol. The van der Waals surface area contributed by atoms with Crippen molar-refractivity contribution in [3.63, 3.8) is 0 Å². The Bertz CT molecular complexity index is 724. The van der Waals surface area contributed by atoms with Crippen LogP contribution in [-0.2, 0) is 17.9 Å². The zero-order valence-corrected chi connectivity index (χ0v) is 15.8. The predicted octanol–water partition coefficient (Wildman–Crippen LogP) is 2.46. The first kappa shape index (κ1) is 19.4. The highest BCUT2D eigenvalue weighted by molar-refractivity contribution is 5.76. The number of carbonyl (C=O) groups is 1. The maximum atomic E-state index is 13.1. The van der Waals surface area contributed by atoms with Gasteiger partial charge in [0.15, 0.2) is 5.82 Å². The zero-order chi connectivity index (χ0) is 19.1. The van der Waals surface area contributed by atoms with E-state index < -0.39 is 0 Å². The summed E-state index contributed by atoms with van der Waals surface area (Å²) in [6.07, 6.45) is 5.64. The molecule has 8 heteroatoms. The molecule has 0 spiro atoms. The van der Waals surface area contributed by atoms with Crippen molar-refractivity contribution >= 4 is 5.91 Å². The van der Waals surface area contributed by atoms with Crippen LogP contribution < -0.4 is 5.32 Å². The van der Waals surface area contributed by atoms with E-state index in [2.05, 4.69) is 25.7 Å². The largest absolute Gasteiger partial charge is 0.348 e. The maximum Gasteiger partial charge on any atom is 0.242 e. The number of benzene rings is 1. The first-order chi connectivity index (χ1) is 13.2. The molecule has 3 rings (SSSR count). The lowest BCUT2D eigenvalue weighted by atomic mass is 10.0. The third kappa shape index (κ3) is 5.56. The molecule has 1 aromatic heterocycles. The summed E-state index contributed by atoms with van der Waals surface area (Å²) < 4.78 is 14.7. The second-order valence-electron chi connectivity index (χ2n) is 7.02. The van der Waals surface area contributed by atoms with Crippen molar-refractivity contribution in [1.82, 2.24) is 30.4 Å². The summed E-state index contributed by atoms with van der Waals surface area (Å²) in [5, 5.41) is 14.8. The number of tetrazole rings is 1. The lowest BCUT2D eigenvalue weighted by Gasteiger charge is -2.20. The van der Waals surface area contributed by atoms with Gasteiger partial charge in [-0.3, -0.25) is 9.69 Å². The maximum absolute atomic E-state index is 13.1. The topological polar surface area (TPSA) is 75.9 Å². The molecule has 146 valence electrons. The summed E-state index contributed by atoms with van der Waals surface area (Å²) in [4.78, 5) is 14.9. The van der Waals surface area contributed by atoms with Gasteiger partial charge in [-0.25, -0.2) is 9.07 Å². The van der Waals surface area contributed by atoms with Crippen molar-refractivity contribution in [3.8, 4) is 0 Å². The summed E-state index contributed by atoms with van der Waals surface area (Å²) in [5.41, 5.74) is 0.883. The fourth-order valence-corrected chi connectivity index (χ4v) is 3.45. The summed E-state index contributed by atoms with van der Waals surface area (Å²) in [5.74, 6) is 0.268. The minimum absolute atomic E-state index is 0.0773. The number of aromatic nitrogens is 4. The highest BCUT2D eigenvalue weighted by atomic mass is 19.1. The van der Waals surface area contributed by atoms with Crippen LogP contribution in [0.2, 0.25) is 0 Å². The van der Waals surface area contributed by atoms with Crippen LogP contribution in [0.4, 0.5) is 4.39 Å². The van der Waals surface area contributed by atoms with Crippen molar-refractivity contribution in [3.05, 3.63) is 41.5 Å². The number of amides is 1. The minimum atomic E-state index is -0.285. The molecule has 1 atom stereocenters. The Kier molecular flexibility index (Phi) is 6.86. The van der Waals surface area contributed by atoms with Gasteiger partial charge in [-0.2, -0.15) is 0 Å². The van der Waals surface area contributed by atoms with Crippen LogP contribution in [-0.4, -0.2) is 44.1 Å².